The molecule has 5 heteroatoms. The molecule has 0 aliphatic heterocycles. The van der Waals surface area contributed by atoms with Crippen LogP contribution in [0.5, 0.6) is 5.75 Å². The predicted octanol–water partition coefficient (Wildman–Crippen LogP) is 1.14. The Kier molecular flexibility index (Phi) is 5.01. The van der Waals surface area contributed by atoms with Crippen molar-refractivity contribution in [3.63, 3.8) is 0 Å². The van der Waals surface area contributed by atoms with Gasteiger partial charge in [-0.15, -0.1) is 0 Å². The van der Waals surface area contributed by atoms with Crippen LogP contribution in [-0.4, -0.2) is 31.3 Å². The first kappa shape index (κ1) is 12.7. The predicted molar refractivity (Wildman–Crippen MR) is 69.3 cm³/mol. The lowest BCUT2D eigenvalue weighted by molar-refractivity contribution is 0.359. The van der Waals surface area contributed by atoms with Gasteiger partial charge in [-0.2, -0.15) is 0 Å². The Labute approximate surface area is 102 Å². The molecular weight excluding hydrogens is 222 g/mol. The first-order chi connectivity index (χ1) is 7.61. The topological polar surface area (TPSA) is 36.5 Å². The van der Waals surface area contributed by atoms with E-state index in [4.69, 9.17) is 17.0 Å². The highest BCUT2D eigenvalue weighted by atomic mass is 32.1. The Balaban J connectivity index is 2.39. The van der Waals surface area contributed by atoms with Crippen LogP contribution in [0.4, 0.5) is 0 Å². The lowest BCUT2D eigenvalue weighted by Gasteiger charge is -2.15. The Hall–Kier alpha value is -1.33. The van der Waals surface area contributed by atoms with Crippen molar-refractivity contribution in [1.29, 1.82) is 0 Å². The smallest absolute Gasteiger partial charge is 0.181 e. The molecule has 0 unspecified atom stereocenters. The second-order valence-electron chi connectivity index (χ2n) is 3.54. The standard InChI is InChI=1S/C11H17N3OS/c1-14(2)13-11(16)12-8-9-4-6-10(15-3)7-5-9/h4-7H,8H2,1-3H3,(H2,12,13,16). The molecular formula is C11H17N3OS. The van der Waals surface area contributed by atoms with Gasteiger partial charge in [-0.3, -0.25) is 5.43 Å². The number of nitrogens with zero attached hydrogens (tertiary/aromatic N) is 1. The maximum absolute atomic E-state index is 5.09. The van der Waals surface area contributed by atoms with Crippen molar-refractivity contribution in [3.05, 3.63) is 29.8 Å². The van der Waals surface area contributed by atoms with Crippen molar-refractivity contribution in [2.45, 2.75) is 6.54 Å². The average Bonchev–Trinajstić information content (AvgIpc) is 2.26. The molecule has 16 heavy (non-hydrogen) atoms. The highest BCUT2D eigenvalue weighted by molar-refractivity contribution is 7.80. The number of methoxy groups -OCH3 is 1. The highest BCUT2D eigenvalue weighted by Crippen LogP contribution is 2.10. The number of hydrazine groups is 1. The zero-order valence-corrected chi connectivity index (χ0v) is 10.6. The van der Waals surface area contributed by atoms with Gasteiger partial charge in [0.15, 0.2) is 5.11 Å². The second-order valence-corrected chi connectivity index (χ2v) is 3.95. The van der Waals surface area contributed by atoms with Crippen LogP contribution in [0.2, 0.25) is 0 Å². The maximum atomic E-state index is 5.09. The van der Waals surface area contributed by atoms with Gasteiger partial charge in [0.05, 0.1) is 7.11 Å². The van der Waals surface area contributed by atoms with E-state index in [2.05, 4.69) is 10.7 Å². The summed E-state index contributed by atoms with van der Waals surface area (Å²) in [5.41, 5.74) is 4.12. The molecule has 0 aromatic heterocycles. The summed E-state index contributed by atoms with van der Waals surface area (Å²) in [6.45, 7) is 0.698. The van der Waals surface area contributed by atoms with Crippen molar-refractivity contribution in [3.8, 4) is 5.75 Å². The van der Waals surface area contributed by atoms with Crippen molar-refractivity contribution >= 4 is 17.3 Å². The summed E-state index contributed by atoms with van der Waals surface area (Å²) in [7, 11) is 5.44. The van der Waals surface area contributed by atoms with Crippen molar-refractivity contribution in [1.82, 2.24) is 15.8 Å². The van der Waals surface area contributed by atoms with Crippen LogP contribution in [-0.2, 0) is 6.54 Å². The molecule has 1 aromatic rings. The van der Waals surface area contributed by atoms with Gasteiger partial charge in [0.1, 0.15) is 5.75 Å². The van der Waals surface area contributed by atoms with Crippen LogP contribution in [0.1, 0.15) is 5.56 Å². The SMILES string of the molecule is COc1ccc(CNC(=S)NN(C)C)cc1. The molecule has 0 heterocycles. The fourth-order valence-corrected chi connectivity index (χ4v) is 1.42. The zero-order chi connectivity index (χ0) is 12.0. The number of benzene rings is 1. The van der Waals surface area contributed by atoms with E-state index in [0.29, 0.717) is 11.7 Å². The minimum Gasteiger partial charge on any atom is -0.497 e. The van der Waals surface area contributed by atoms with Gasteiger partial charge in [0.25, 0.3) is 0 Å². The normalized spacial score (nSPS) is 10.0. The van der Waals surface area contributed by atoms with E-state index in [-0.39, 0.29) is 0 Å². The first-order valence-electron chi connectivity index (χ1n) is 4.96. The zero-order valence-electron chi connectivity index (χ0n) is 9.78. The molecule has 88 valence electrons. The molecule has 0 bridgehead atoms. The molecule has 1 rings (SSSR count). The van der Waals surface area contributed by atoms with Gasteiger partial charge in [-0.1, -0.05) is 12.1 Å². The number of hydrogen-bond donors (Lipinski definition) is 2. The second kappa shape index (κ2) is 6.30. The van der Waals surface area contributed by atoms with Gasteiger partial charge in [-0.25, -0.2) is 5.01 Å². The Bertz CT molecular complexity index is 338. The third-order valence-electron chi connectivity index (χ3n) is 1.94. The molecule has 0 aliphatic carbocycles. The molecule has 2 N–H and O–H groups in total. The van der Waals surface area contributed by atoms with Crippen LogP contribution in [0.15, 0.2) is 24.3 Å². The van der Waals surface area contributed by atoms with Crippen molar-refractivity contribution < 1.29 is 4.74 Å². The summed E-state index contributed by atoms with van der Waals surface area (Å²) in [6.07, 6.45) is 0. The summed E-state index contributed by atoms with van der Waals surface area (Å²) in [5, 5.41) is 5.51. The van der Waals surface area contributed by atoms with Crippen LogP contribution < -0.4 is 15.5 Å². The Morgan fingerprint density at radius 2 is 1.94 bits per heavy atom. The molecule has 1 aromatic carbocycles. The minimum atomic E-state index is 0.612. The summed E-state index contributed by atoms with van der Waals surface area (Å²) in [4.78, 5) is 0. The summed E-state index contributed by atoms with van der Waals surface area (Å²) >= 11 is 5.09. The van der Waals surface area contributed by atoms with Gasteiger partial charge in [0.2, 0.25) is 0 Å². The Morgan fingerprint density at radius 3 is 2.44 bits per heavy atom. The monoisotopic (exact) mass is 239 g/mol. The number of nitrogens with one attached hydrogen (secondary N) is 2. The quantitative estimate of drug-likeness (QED) is 0.608. The molecule has 0 saturated carbocycles. The van der Waals surface area contributed by atoms with E-state index in [1.165, 1.54) is 0 Å². The van der Waals surface area contributed by atoms with Crippen molar-refractivity contribution in [2.75, 3.05) is 21.2 Å². The third-order valence-corrected chi connectivity index (χ3v) is 2.17. The van der Waals surface area contributed by atoms with E-state index in [1.54, 1.807) is 12.1 Å². The van der Waals surface area contributed by atoms with Gasteiger partial charge in [0, 0.05) is 20.6 Å². The van der Waals surface area contributed by atoms with E-state index in [0.717, 1.165) is 11.3 Å². The van der Waals surface area contributed by atoms with E-state index >= 15 is 0 Å². The highest BCUT2D eigenvalue weighted by Gasteiger charge is 1.97. The number of rotatable bonds is 4. The van der Waals surface area contributed by atoms with Crippen LogP contribution in [0.3, 0.4) is 0 Å². The van der Waals surface area contributed by atoms with Crippen LogP contribution in [0, 0.1) is 0 Å². The van der Waals surface area contributed by atoms with E-state index < -0.39 is 0 Å². The largest absolute Gasteiger partial charge is 0.497 e. The number of thiocarbonyl (C=S) groups is 1. The molecule has 0 aliphatic rings. The number of hydrogen-bond acceptors (Lipinski definition) is 3. The lowest BCUT2D eigenvalue weighted by Crippen LogP contribution is -2.42. The molecule has 0 fully saturated rings. The summed E-state index contributed by atoms with van der Waals surface area (Å²) < 4.78 is 5.08. The molecule has 0 radical (unpaired) electrons. The summed E-state index contributed by atoms with van der Waals surface area (Å²) in [5.74, 6) is 0.859. The first-order valence-corrected chi connectivity index (χ1v) is 5.37. The molecule has 0 atom stereocenters. The minimum absolute atomic E-state index is 0.612. The maximum Gasteiger partial charge on any atom is 0.181 e. The van der Waals surface area contributed by atoms with Gasteiger partial charge >= 0.3 is 0 Å². The fourth-order valence-electron chi connectivity index (χ4n) is 1.17. The Morgan fingerprint density at radius 1 is 1.31 bits per heavy atom. The van der Waals surface area contributed by atoms with Gasteiger partial charge in [-0.05, 0) is 29.9 Å². The average molecular weight is 239 g/mol. The molecule has 4 nitrogen and oxygen atoms in total. The lowest BCUT2D eigenvalue weighted by atomic mass is 10.2. The van der Waals surface area contributed by atoms with Crippen LogP contribution in [0.25, 0.3) is 0 Å². The van der Waals surface area contributed by atoms with E-state index in [9.17, 15) is 0 Å². The van der Waals surface area contributed by atoms with Crippen molar-refractivity contribution in [2.24, 2.45) is 0 Å². The third kappa shape index (κ3) is 4.46. The molecule has 0 amide bonds. The number of ether oxygens (including phenoxy) is 1. The summed E-state index contributed by atoms with van der Waals surface area (Å²) in [6, 6.07) is 7.87. The van der Waals surface area contributed by atoms with E-state index in [1.807, 2.05) is 38.4 Å². The molecule has 0 spiro atoms. The molecule has 0 saturated heterocycles. The van der Waals surface area contributed by atoms with Gasteiger partial charge < -0.3 is 10.1 Å². The van der Waals surface area contributed by atoms with Crippen LogP contribution >= 0.6 is 12.2 Å². The fraction of sp³-hybridized carbons (Fsp3) is 0.364.